The minimum atomic E-state index is -0.510. The van der Waals surface area contributed by atoms with E-state index in [4.69, 9.17) is 0 Å². The van der Waals surface area contributed by atoms with E-state index in [0.29, 0.717) is 5.69 Å². The molecule has 0 aliphatic heterocycles. The lowest BCUT2D eigenvalue weighted by Gasteiger charge is -2.08. The maximum atomic E-state index is 13.6. The highest BCUT2D eigenvalue weighted by atomic mass is 127. The Labute approximate surface area is 118 Å². The number of carbonyl (C=O) groups is 1. The van der Waals surface area contributed by atoms with E-state index in [1.165, 1.54) is 6.07 Å². The van der Waals surface area contributed by atoms with Gasteiger partial charge >= 0.3 is 0 Å². The smallest absolute Gasteiger partial charge is 0.258 e. The van der Waals surface area contributed by atoms with Gasteiger partial charge in [0.2, 0.25) is 0 Å². The van der Waals surface area contributed by atoms with E-state index in [-0.39, 0.29) is 5.56 Å². The fourth-order valence-corrected chi connectivity index (χ4v) is 2.09. The van der Waals surface area contributed by atoms with Crippen LogP contribution in [0.4, 0.5) is 10.1 Å². The van der Waals surface area contributed by atoms with Gasteiger partial charge < -0.3 is 5.32 Å². The molecule has 0 radical (unpaired) electrons. The van der Waals surface area contributed by atoms with Crippen molar-refractivity contribution in [3.05, 3.63) is 63.0 Å². The summed E-state index contributed by atoms with van der Waals surface area (Å²) >= 11 is 2.12. The van der Waals surface area contributed by atoms with E-state index in [1.54, 1.807) is 18.2 Å². The average Bonchev–Trinajstić information content (AvgIpc) is 2.35. The minimum Gasteiger partial charge on any atom is -0.321 e. The number of hydrogen-bond acceptors (Lipinski definition) is 1. The van der Waals surface area contributed by atoms with Crippen LogP contribution in [0.3, 0.4) is 0 Å². The summed E-state index contributed by atoms with van der Waals surface area (Å²) in [5.41, 5.74) is 1.60. The van der Waals surface area contributed by atoms with Gasteiger partial charge in [-0.25, -0.2) is 4.39 Å². The lowest BCUT2D eigenvalue weighted by Crippen LogP contribution is -2.14. The fourth-order valence-electron chi connectivity index (χ4n) is 1.57. The second-order valence-electron chi connectivity index (χ2n) is 3.92. The van der Waals surface area contributed by atoms with Gasteiger partial charge in [0.05, 0.1) is 11.3 Å². The van der Waals surface area contributed by atoms with Crippen LogP contribution in [0.5, 0.6) is 0 Å². The highest BCUT2D eigenvalue weighted by Crippen LogP contribution is 2.19. The van der Waals surface area contributed by atoms with Crippen molar-refractivity contribution in [3.63, 3.8) is 0 Å². The third kappa shape index (κ3) is 2.87. The summed E-state index contributed by atoms with van der Waals surface area (Å²) in [4.78, 5) is 12.0. The van der Waals surface area contributed by atoms with Crippen molar-refractivity contribution in [1.29, 1.82) is 0 Å². The normalized spacial score (nSPS) is 10.2. The van der Waals surface area contributed by atoms with Crippen molar-refractivity contribution in [2.24, 2.45) is 0 Å². The van der Waals surface area contributed by atoms with Gasteiger partial charge in [0, 0.05) is 3.57 Å². The summed E-state index contributed by atoms with van der Waals surface area (Å²) in [5.74, 6) is -0.940. The molecule has 0 saturated carbocycles. The lowest BCUT2D eigenvalue weighted by molar-refractivity contribution is 0.102. The SMILES string of the molecule is Cc1ccc(F)c(C(=O)Nc2ccccc2I)c1. The van der Waals surface area contributed by atoms with Crippen LogP contribution < -0.4 is 5.32 Å². The number of amides is 1. The molecule has 4 heteroatoms. The van der Waals surface area contributed by atoms with E-state index in [2.05, 4.69) is 27.9 Å². The molecule has 0 atom stereocenters. The van der Waals surface area contributed by atoms with Gasteiger partial charge in [-0.05, 0) is 53.8 Å². The summed E-state index contributed by atoms with van der Waals surface area (Å²) in [6.45, 7) is 1.82. The monoisotopic (exact) mass is 355 g/mol. The largest absolute Gasteiger partial charge is 0.321 e. The first-order valence-electron chi connectivity index (χ1n) is 5.40. The third-order valence-corrected chi connectivity index (χ3v) is 3.43. The van der Waals surface area contributed by atoms with Crippen LogP contribution in [0.25, 0.3) is 0 Å². The van der Waals surface area contributed by atoms with Gasteiger partial charge in [-0.15, -0.1) is 0 Å². The molecule has 18 heavy (non-hydrogen) atoms. The summed E-state index contributed by atoms with van der Waals surface area (Å²) in [6.07, 6.45) is 0. The topological polar surface area (TPSA) is 29.1 Å². The summed E-state index contributed by atoms with van der Waals surface area (Å²) in [5, 5.41) is 2.71. The minimum absolute atomic E-state index is 0.0645. The van der Waals surface area contributed by atoms with Crippen molar-refractivity contribution in [2.75, 3.05) is 5.32 Å². The number of nitrogens with one attached hydrogen (secondary N) is 1. The summed E-state index contributed by atoms with van der Waals surface area (Å²) < 4.78 is 14.5. The highest BCUT2D eigenvalue weighted by molar-refractivity contribution is 14.1. The Balaban J connectivity index is 2.28. The predicted molar refractivity (Wildman–Crippen MR) is 78.2 cm³/mol. The molecule has 2 nitrogen and oxygen atoms in total. The van der Waals surface area contributed by atoms with Crippen LogP contribution >= 0.6 is 22.6 Å². The molecule has 0 fully saturated rings. The molecule has 92 valence electrons. The molecule has 0 bridgehead atoms. The van der Waals surface area contributed by atoms with Gasteiger partial charge in [-0.1, -0.05) is 23.8 Å². The molecular weight excluding hydrogens is 344 g/mol. The molecule has 0 aliphatic rings. The standard InChI is InChI=1S/C14H11FINO/c1-9-6-7-11(15)10(8-9)14(18)17-13-5-3-2-4-12(13)16/h2-8H,1H3,(H,17,18). The highest BCUT2D eigenvalue weighted by Gasteiger charge is 2.12. The quantitative estimate of drug-likeness (QED) is 0.811. The van der Waals surface area contributed by atoms with Crippen LogP contribution in [0.1, 0.15) is 15.9 Å². The lowest BCUT2D eigenvalue weighted by atomic mass is 10.1. The van der Waals surface area contributed by atoms with Gasteiger partial charge in [0.1, 0.15) is 5.82 Å². The fraction of sp³-hybridized carbons (Fsp3) is 0.0714. The zero-order valence-electron chi connectivity index (χ0n) is 9.71. The van der Waals surface area contributed by atoms with Crippen LogP contribution in [0.2, 0.25) is 0 Å². The molecule has 0 saturated heterocycles. The van der Waals surface area contributed by atoms with E-state index in [0.717, 1.165) is 9.13 Å². The number of hydrogen-bond donors (Lipinski definition) is 1. The average molecular weight is 355 g/mol. The zero-order valence-corrected chi connectivity index (χ0v) is 11.9. The number of anilines is 1. The molecular formula is C14H11FINO. The van der Waals surface area contributed by atoms with E-state index >= 15 is 0 Å². The predicted octanol–water partition coefficient (Wildman–Crippen LogP) is 3.99. The number of carbonyl (C=O) groups excluding carboxylic acids is 1. The summed E-state index contributed by atoms with van der Waals surface area (Å²) in [7, 11) is 0. The molecule has 2 aromatic carbocycles. The third-order valence-electron chi connectivity index (χ3n) is 2.49. The Morgan fingerprint density at radius 1 is 1.22 bits per heavy atom. The van der Waals surface area contributed by atoms with Crippen LogP contribution in [0.15, 0.2) is 42.5 Å². The molecule has 0 heterocycles. The van der Waals surface area contributed by atoms with Gasteiger partial charge in [-0.2, -0.15) is 0 Å². The van der Waals surface area contributed by atoms with Crippen molar-refractivity contribution >= 4 is 34.2 Å². The Bertz CT molecular complexity index is 598. The number of halogens is 2. The second-order valence-corrected chi connectivity index (χ2v) is 5.08. The Morgan fingerprint density at radius 2 is 1.94 bits per heavy atom. The first kappa shape index (κ1) is 13.0. The van der Waals surface area contributed by atoms with Gasteiger partial charge in [-0.3, -0.25) is 4.79 Å². The molecule has 0 aliphatic carbocycles. The number of benzene rings is 2. The number of para-hydroxylation sites is 1. The van der Waals surface area contributed by atoms with Crippen LogP contribution in [-0.4, -0.2) is 5.91 Å². The zero-order chi connectivity index (χ0) is 13.1. The first-order chi connectivity index (χ1) is 8.58. The van der Waals surface area contributed by atoms with E-state index < -0.39 is 11.7 Å². The Kier molecular flexibility index (Phi) is 3.96. The molecule has 0 spiro atoms. The number of aryl methyl sites for hydroxylation is 1. The Hall–Kier alpha value is -1.43. The van der Waals surface area contributed by atoms with Gasteiger partial charge in [0.25, 0.3) is 5.91 Å². The van der Waals surface area contributed by atoms with Crippen LogP contribution in [-0.2, 0) is 0 Å². The van der Waals surface area contributed by atoms with Crippen molar-refractivity contribution in [2.45, 2.75) is 6.92 Å². The van der Waals surface area contributed by atoms with Crippen molar-refractivity contribution < 1.29 is 9.18 Å². The maximum Gasteiger partial charge on any atom is 0.258 e. The van der Waals surface area contributed by atoms with Crippen LogP contribution in [0, 0.1) is 16.3 Å². The Morgan fingerprint density at radius 3 is 2.67 bits per heavy atom. The van der Waals surface area contributed by atoms with Gasteiger partial charge in [0.15, 0.2) is 0 Å². The first-order valence-corrected chi connectivity index (χ1v) is 6.48. The van der Waals surface area contributed by atoms with E-state index in [9.17, 15) is 9.18 Å². The molecule has 0 unspecified atom stereocenters. The second kappa shape index (κ2) is 5.48. The maximum absolute atomic E-state index is 13.6. The molecule has 1 N–H and O–H groups in total. The van der Waals surface area contributed by atoms with Crippen molar-refractivity contribution in [1.82, 2.24) is 0 Å². The molecule has 0 aromatic heterocycles. The van der Waals surface area contributed by atoms with E-state index in [1.807, 2.05) is 25.1 Å². The molecule has 2 aromatic rings. The molecule has 1 amide bonds. The van der Waals surface area contributed by atoms with Crippen molar-refractivity contribution in [3.8, 4) is 0 Å². The summed E-state index contributed by atoms with van der Waals surface area (Å²) in [6, 6.07) is 11.9. The molecule has 2 rings (SSSR count). The number of rotatable bonds is 2.